The quantitative estimate of drug-likeness (QED) is 0.574. The summed E-state index contributed by atoms with van der Waals surface area (Å²) >= 11 is 5.81. The Bertz CT molecular complexity index is 1080. The Balaban J connectivity index is 1.38. The van der Waals surface area contributed by atoms with Gasteiger partial charge in [0, 0.05) is 16.3 Å². The molecule has 0 unspecified atom stereocenters. The highest BCUT2D eigenvalue weighted by Gasteiger charge is 2.06. The molecule has 0 saturated carbocycles. The van der Waals surface area contributed by atoms with Crippen LogP contribution >= 0.6 is 11.6 Å². The molecule has 4 aromatic rings. The van der Waals surface area contributed by atoms with Crippen LogP contribution in [0.3, 0.4) is 0 Å². The van der Waals surface area contributed by atoms with E-state index in [4.69, 9.17) is 16.3 Å². The fraction of sp³-hybridized carbons (Fsp3) is 0.0526. The van der Waals surface area contributed by atoms with Gasteiger partial charge in [-0.05, 0) is 48.5 Å². The number of aromatic nitrogens is 4. The molecule has 0 fully saturated rings. The number of amides is 1. The SMILES string of the molecule is O=C(COc1ccc(Cl)cc1)Nc1ccc(-c2ccc3nncn3n2)cc1. The third kappa shape index (κ3) is 4.04. The second kappa shape index (κ2) is 7.43. The first-order valence-electron chi connectivity index (χ1n) is 8.13. The van der Waals surface area contributed by atoms with Crippen molar-refractivity contribution in [2.75, 3.05) is 11.9 Å². The van der Waals surface area contributed by atoms with Gasteiger partial charge in [-0.3, -0.25) is 4.79 Å². The van der Waals surface area contributed by atoms with Crippen molar-refractivity contribution in [2.24, 2.45) is 0 Å². The van der Waals surface area contributed by atoms with E-state index in [9.17, 15) is 4.79 Å². The monoisotopic (exact) mass is 379 g/mol. The lowest BCUT2D eigenvalue weighted by atomic mass is 10.1. The van der Waals surface area contributed by atoms with Gasteiger partial charge in [0.2, 0.25) is 0 Å². The second-order valence-electron chi connectivity index (χ2n) is 5.72. The van der Waals surface area contributed by atoms with E-state index in [2.05, 4.69) is 20.6 Å². The molecule has 7 nitrogen and oxygen atoms in total. The molecule has 0 aliphatic rings. The zero-order valence-corrected chi connectivity index (χ0v) is 14.8. The normalized spacial score (nSPS) is 10.7. The summed E-state index contributed by atoms with van der Waals surface area (Å²) in [5.41, 5.74) is 3.06. The summed E-state index contributed by atoms with van der Waals surface area (Å²) in [6.45, 7) is -0.0881. The van der Waals surface area contributed by atoms with Gasteiger partial charge < -0.3 is 10.1 Å². The van der Waals surface area contributed by atoms with Gasteiger partial charge in [-0.2, -0.15) is 9.61 Å². The summed E-state index contributed by atoms with van der Waals surface area (Å²) in [6, 6.07) is 18.0. The number of ether oxygens (including phenoxy) is 1. The minimum Gasteiger partial charge on any atom is -0.484 e. The lowest BCUT2D eigenvalue weighted by Crippen LogP contribution is -2.20. The predicted molar refractivity (Wildman–Crippen MR) is 102 cm³/mol. The number of rotatable bonds is 5. The van der Waals surface area contributed by atoms with Crippen LogP contribution < -0.4 is 10.1 Å². The van der Waals surface area contributed by atoms with E-state index in [0.29, 0.717) is 22.1 Å². The summed E-state index contributed by atoms with van der Waals surface area (Å²) < 4.78 is 7.04. The van der Waals surface area contributed by atoms with Gasteiger partial charge in [-0.25, -0.2) is 0 Å². The number of anilines is 1. The molecule has 2 heterocycles. The highest BCUT2D eigenvalue weighted by molar-refractivity contribution is 6.30. The van der Waals surface area contributed by atoms with Crippen LogP contribution in [0.15, 0.2) is 67.0 Å². The van der Waals surface area contributed by atoms with Gasteiger partial charge in [-0.1, -0.05) is 23.7 Å². The van der Waals surface area contributed by atoms with Crippen LogP contribution in [0.5, 0.6) is 5.75 Å². The van der Waals surface area contributed by atoms with Crippen molar-refractivity contribution in [3.63, 3.8) is 0 Å². The molecule has 0 bridgehead atoms. The van der Waals surface area contributed by atoms with Crippen LogP contribution in [0, 0.1) is 0 Å². The molecule has 0 radical (unpaired) electrons. The van der Waals surface area contributed by atoms with Crippen LogP contribution in [-0.2, 0) is 4.79 Å². The topological polar surface area (TPSA) is 81.4 Å². The molecule has 2 aromatic heterocycles. The number of carbonyl (C=O) groups is 1. The average molecular weight is 380 g/mol. The van der Waals surface area contributed by atoms with Gasteiger partial charge in [0.25, 0.3) is 5.91 Å². The van der Waals surface area contributed by atoms with Crippen molar-refractivity contribution in [1.29, 1.82) is 0 Å². The molecule has 134 valence electrons. The molecule has 8 heteroatoms. The van der Waals surface area contributed by atoms with Crippen LogP contribution in [-0.4, -0.2) is 32.3 Å². The number of fused-ring (bicyclic) bond motifs is 1. The first kappa shape index (κ1) is 17.0. The Hall–Kier alpha value is -3.45. The molecule has 4 rings (SSSR count). The maximum atomic E-state index is 12.0. The molecule has 1 amide bonds. The molecule has 0 spiro atoms. The molecule has 2 aromatic carbocycles. The maximum Gasteiger partial charge on any atom is 0.262 e. The molecule has 0 aliphatic carbocycles. The molecule has 27 heavy (non-hydrogen) atoms. The summed E-state index contributed by atoms with van der Waals surface area (Å²) in [6.07, 6.45) is 1.55. The Morgan fingerprint density at radius 3 is 2.59 bits per heavy atom. The molecular weight excluding hydrogens is 366 g/mol. The summed E-state index contributed by atoms with van der Waals surface area (Å²) in [5, 5.41) is 15.6. The van der Waals surface area contributed by atoms with E-state index in [1.807, 2.05) is 36.4 Å². The fourth-order valence-corrected chi connectivity index (χ4v) is 2.61. The van der Waals surface area contributed by atoms with E-state index in [-0.39, 0.29) is 12.5 Å². The van der Waals surface area contributed by atoms with E-state index >= 15 is 0 Å². The number of nitrogens with one attached hydrogen (secondary N) is 1. The largest absolute Gasteiger partial charge is 0.484 e. The molecule has 0 aliphatic heterocycles. The van der Waals surface area contributed by atoms with Gasteiger partial charge in [0.1, 0.15) is 12.1 Å². The van der Waals surface area contributed by atoms with Crippen LogP contribution in [0.25, 0.3) is 16.9 Å². The van der Waals surface area contributed by atoms with Gasteiger partial charge in [0.05, 0.1) is 5.69 Å². The zero-order valence-electron chi connectivity index (χ0n) is 14.0. The third-order valence-electron chi connectivity index (χ3n) is 3.81. The number of halogens is 1. The van der Waals surface area contributed by atoms with E-state index in [1.54, 1.807) is 35.1 Å². The fourth-order valence-electron chi connectivity index (χ4n) is 2.48. The van der Waals surface area contributed by atoms with Crippen LogP contribution in [0.1, 0.15) is 0 Å². The molecule has 0 atom stereocenters. The van der Waals surface area contributed by atoms with E-state index < -0.39 is 0 Å². The van der Waals surface area contributed by atoms with Crippen molar-refractivity contribution in [2.45, 2.75) is 0 Å². The Labute approximate surface area is 159 Å². The second-order valence-corrected chi connectivity index (χ2v) is 6.16. The van der Waals surface area contributed by atoms with Crippen molar-refractivity contribution in [3.8, 4) is 17.0 Å². The van der Waals surface area contributed by atoms with Gasteiger partial charge in [-0.15, -0.1) is 10.2 Å². The standard InChI is InChI=1S/C19H14ClN5O2/c20-14-3-7-16(8-4-14)27-11-19(26)22-15-5-1-13(2-6-15)17-9-10-18-23-21-12-25(18)24-17/h1-10,12H,11H2,(H,22,26). The lowest BCUT2D eigenvalue weighted by molar-refractivity contribution is -0.118. The van der Waals surface area contributed by atoms with Gasteiger partial charge >= 0.3 is 0 Å². The summed E-state index contributed by atoms with van der Waals surface area (Å²) in [7, 11) is 0. The third-order valence-corrected chi connectivity index (χ3v) is 4.06. The minimum absolute atomic E-state index is 0.0881. The van der Waals surface area contributed by atoms with Crippen LogP contribution in [0.4, 0.5) is 5.69 Å². The molecule has 1 N–H and O–H groups in total. The highest BCUT2D eigenvalue weighted by Crippen LogP contribution is 2.20. The number of benzene rings is 2. The van der Waals surface area contributed by atoms with Gasteiger partial charge in [0.15, 0.2) is 12.3 Å². The maximum absolute atomic E-state index is 12.0. The smallest absolute Gasteiger partial charge is 0.262 e. The Morgan fingerprint density at radius 1 is 1.04 bits per heavy atom. The number of carbonyl (C=O) groups excluding carboxylic acids is 1. The number of nitrogens with zero attached hydrogens (tertiary/aromatic N) is 4. The first-order chi connectivity index (χ1) is 13.2. The highest BCUT2D eigenvalue weighted by atomic mass is 35.5. The predicted octanol–water partition coefficient (Wildman–Crippen LogP) is 3.46. The van der Waals surface area contributed by atoms with Crippen LogP contribution in [0.2, 0.25) is 5.02 Å². The number of hydrogen-bond acceptors (Lipinski definition) is 5. The van der Waals surface area contributed by atoms with E-state index in [0.717, 1.165) is 11.3 Å². The Kier molecular flexibility index (Phi) is 4.67. The van der Waals surface area contributed by atoms with Crippen molar-refractivity contribution < 1.29 is 9.53 Å². The average Bonchev–Trinajstić information content (AvgIpc) is 3.16. The number of hydrogen-bond donors (Lipinski definition) is 1. The lowest BCUT2D eigenvalue weighted by Gasteiger charge is -2.08. The minimum atomic E-state index is -0.248. The van der Waals surface area contributed by atoms with Crippen molar-refractivity contribution in [1.82, 2.24) is 19.8 Å². The first-order valence-corrected chi connectivity index (χ1v) is 8.51. The molecule has 0 saturated heterocycles. The molecular formula is C19H14ClN5O2. The summed E-state index contributed by atoms with van der Waals surface area (Å²) in [4.78, 5) is 12.0. The van der Waals surface area contributed by atoms with Crippen molar-refractivity contribution in [3.05, 3.63) is 72.0 Å². The Morgan fingerprint density at radius 2 is 1.81 bits per heavy atom. The zero-order chi connectivity index (χ0) is 18.6. The van der Waals surface area contributed by atoms with Crippen molar-refractivity contribution >= 4 is 28.8 Å². The summed E-state index contributed by atoms with van der Waals surface area (Å²) in [5.74, 6) is 0.335. The van der Waals surface area contributed by atoms with E-state index in [1.165, 1.54) is 0 Å².